The van der Waals surface area contributed by atoms with Gasteiger partial charge in [-0.05, 0) is 12.1 Å². The van der Waals surface area contributed by atoms with Crippen molar-refractivity contribution < 1.29 is 59.1 Å². The fraction of sp³-hybridized carbons (Fsp3) is 0.348. The zero-order valence-corrected chi connectivity index (χ0v) is 19.0. The van der Waals surface area contributed by atoms with Crippen LogP contribution in [0.4, 0.5) is 0 Å². The quantitative estimate of drug-likeness (QED) is 0.215. The fourth-order valence-electron chi connectivity index (χ4n) is 3.83. The smallest absolute Gasteiger partial charge is 0.229 e. The number of aliphatic hydroxyl groups is 4. The minimum Gasteiger partial charge on any atom is -0.504 e. The average Bonchev–Trinajstić information content (AvgIpc) is 2.86. The van der Waals surface area contributed by atoms with E-state index in [1.807, 2.05) is 0 Å². The van der Waals surface area contributed by atoms with E-state index in [0.29, 0.717) is 0 Å². The highest BCUT2D eigenvalue weighted by Gasteiger charge is 2.45. The molecule has 13 nitrogen and oxygen atoms in total. The van der Waals surface area contributed by atoms with E-state index in [2.05, 4.69) is 0 Å². The number of phenols is 3. The van der Waals surface area contributed by atoms with Gasteiger partial charge in [-0.2, -0.15) is 0 Å². The molecule has 36 heavy (non-hydrogen) atoms. The Balaban J connectivity index is 1.80. The molecule has 2 aromatic carbocycles. The maximum atomic E-state index is 12.8. The molecule has 4 rings (SSSR count). The molecule has 5 atom stereocenters. The van der Waals surface area contributed by atoms with E-state index < -0.39 is 60.0 Å². The van der Waals surface area contributed by atoms with Gasteiger partial charge >= 0.3 is 0 Å². The number of hydrogen-bond acceptors (Lipinski definition) is 13. The number of ether oxygens (including phenoxy) is 4. The van der Waals surface area contributed by atoms with Crippen LogP contribution in [0.25, 0.3) is 22.3 Å². The molecule has 1 saturated heterocycles. The highest BCUT2D eigenvalue weighted by molar-refractivity contribution is 5.89. The Morgan fingerprint density at radius 2 is 1.47 bits per heavy atom. The van der Waals surface area contributed by atoms with Crippen molar-refractivity contribution in [3.63, 3.8) is 0 Å². The van der Waals surface area contributed by atoms with Gasteiger partial charge in [0.1, 0.15) is 41.1 Å². The second-order valence-corrected chi connectivity index (χ2v) is 7.96. The van der Waals surface area contributed by atoms with Crippen LogP contribution in [0.3, 0.4) is 0 Å². The number of aromatic hydroxyl groups is 3. The van der Waals surface area contributed by atoms with Crippen LogP contribution in [0, 0.1) is 0 Å². The summed E-state index contributed by atoms with van der Waals surface area (Å²) >= 11 is 0. The van der Waals surface area contributed by atoms with Gasteiger partial charge in [0.05, 0.1) is 20.8 Å². The summed E-state index contributed by atoms with van der Waals surface area (Å²) in [6.07, 6.45) is -8.14. The number of aliphatic hydroxyl groups excluding tert-OH is 4. The zero-order valence-electron chi connectivity index (χ0n) is 19.0. The standard InChI is InChI=1S/C23H24O13/c1-32-12-3-8(4-13(33-2)17(12)26)10-5-9(25)16-11(34-10)6-14(18(27)20(16)29)35-23-22(31)21(30)19(28)15(7-24)36-23/h3-6,15,19,21-24,26-31H,7H2,1-2H3/t15-,19-,21+,22-,23-/m1/s1. The summed E-state index contributed by atoms with van der Waals surface area (Å²) in [5.74, 6) is -2.48. The number of fused-ring (bicyclic) bond motifs is 1. The molecule has 0 spiro atoms. The highest BCUT2D eigenvalue weighted by Crippen LogP contribution is 2.44. The van der Waals surface area contributed by atoms with Gasteiger partial charge in [0.25, 0.3) is 0 Å². The van der Waals surface area contributed by atoms with E-state index in [1.165, 1.54) is 26.4 Å². The number of phenolic OH excluding ortho intramolecular Hbond substituents is 3. The van der Waals surface area contributed by atoms with Crippen molar-refractivity contribution in [2.45, 2.75) is 30.7 Å². The fourth-order valence-corrected chi connectivity index (χ4v) is 3.83. The number of hydrogen-bond donors (Lipinski definition) is 7. The molecule has 0 amide bonds. The molecule has 1 aromatic heterocycles. The largest absolute Gasteiger partial charge is 0.504 e. The Morgan fingerprint density at radius 1 is 0.833 bits per heavy atom. The van der Waals surface area contributed by atoms with Crippen LogP contribution in [0.15, 0.2) is 33.5 Å². The van der Waals surface area contributed by atoms with Crippen molar-refractivity contribution in [2.75, 3.05) is 20.8 Å². The van der Waals surface area contributed by atoms with Crippen LogP contribution in [0.5, 0.6) is 34.5 Å². The molecular formula is C23H24O13. The van der Waals surface area contributed by atoms with Crippen LogP contribution < -0.4 is 19.6 Å². The molecule has 0 radical (unpaired) electrons. The van der Waals surface area contributed by atoms with Crippen molar-refractivity contribution in [1.82, 2.24) is 0 Å². The number of benzene rings is 2. The van der Waals surface area contributed by atoms with Gasteiger partial charge in [0.2, 0.25) is 17.8 Å². The van der Waals surface area contributed by atoms with Crippen LogP contribution in [0.1, 0.15) is 0 Å². The minimum absolute atomic E-state index is 0.0204. The molecule has 2 heterocycles. The van der Waals surface area contributed by atoms with Gasteiger partial charge in [-0.3, -0.25) is 4.79 Å². The normalized spacial score (nSPS) is 24.0. The molecule has 0 unspecified atom stereocenters. The Morgan fingerprint density at radius 3 is 2.06 bits per heavy atom. The molecule has 7 N–H and O–H groups in total. The monoisotopic (exact) mass is 508 g/mol. The summed E-state index contributed by atoms with van der Waals surface area (Å²) in [6, 6.07) is 4.86. The lowest BCUT2D eigenvalue weighted by Gasteiger charge is -2.39. The Kier molecular flexibility index (Phi) is 6.84. The van der Waals surface area contributed by atoms with Gasteiger partial charge in [-0.1, -0.05) is 0 Å². The van der Waals surface area contributed by atoms with Crippen molar-refractivity contribution in [3.8, 4) is 45.8 Å². The molecule has 1 aliphatic rings. The van der Waals surface area contributed by atoms with Crippen LogP contribution >= 0.6 is 0 Å². The van der Waals surface area contributed by atoms with E-state index in [4.69, 9.17) is 23.4 Å². The predicted octanol–water partition coefficient (Wildman–Crippen LogP) is -0.227. The molecule has 0 bridgehead atoms. The van der Waals surface area contributed by atoms with Crippen LogP contribution in [-0.4, -0.2) is 87.3 Å². The average molecular weight is 508 g/mol. The second kappa shape index (κ2) is 9.72. The van der Waals surface area contributed by atoms with Gasteiger partial charge in [0, 0.05) is 17.7 Å². The molecule has 3 aromatic rings. The first-order chi connectivity index (χ1) is 17.1. The van der Waals surface area contributed by atoms with Gasteiger partial charge in [0.15, 0.2) is 28.4 Å². The maximum absolute atomic E-state index is 12.8. The third-order valence-electron chi connectivity index (χ3n) is 5.79. The van der Waals surface area contributed by atoms with Crippen molar-refractivity contribution >= 4 is 11.0 Å². The van der Waals surface area contributed by atoms with E-state index in [9.17, 15) is 40.5 Å². The lowest BCUT2D eigenvalue weighted by atomic mass is 9.99. The van der Waals surface area contributed by atoms with Gasteiger partial charge < -0.3 is 59.1 Å². The summed E-state index contributed by atoms with van der Waals surface area (Å²) in [6.45, 7) is -0.711. The van der Waals surface area contributed by atoms with E-state index in [1.54, 1.807) is 0 Å². The van der Waals surface area contributed by atoms with Crippen LogP contribution in [-0.2, 0) is 4.74 Å². The summed E-state index contributed by atoms with van der Waals surface area (Å²) in [5.41, 5.74) is -0.702. The molecular weight excluding hydrogens is 484 g/mol. The first-order valence-electron chi connectivity index (χ1n) is 10.6. The molecule has 194 valence electrons. The second-order valence-electron chi connectivity index (χ2n) is 7.96. The van der Waals surface area contributed by atoms with Gasteiger partial charge in [-0.25, -0.2) is 0 Å². The zero-order chi connectivity index (χ0) is 26.3. The first kappa shape index (κ1) is 25.3. The highest BCUT2D eigenvalue weighted by atomic mass is 16.7. The molecule has 0 saturated carbocycles. The van der Waals surface area contributed by atoms with Gasteiger partial charge in [-0.15, -0.1) is 0 Å². The molecule has 13 heteroatoms. The van der Waals surface area contributed by atoms with Crippen molar-refractivity contribution in [1.29, 1.82) is 0 Å². The third-order valence-corrected chi connectivity index (χ3v) is 5.79. The summed E-state index contributed by atoms with van der Waals surface area (Å²) in [7, 11) is 2.64. The van der Waals surface area contributed by atoms with Crippen LogP contribution in [0.2, 0.25) is 0 Å². The third kappa shape index (κ3) is 4.23. The minimum atomic E-state index is -1.80. The summed E-state index contributed by atoms with van der Waals surface area (Å²) < 4.78 is 26.7. The first-order valence-corrected chi connectivity index (χ1v) is 10.6. The number of methoxy groups -OCH3 is 2. The van der Waals surface area contributed by atoms with E-state index >= 15 is 0 Å². The summed E-state index contributed by atoms with van der Waals surface area (Å²) in [4.78, 5) is 12.8. The topological polar surface area (TPSA) is 209 Å². The number of rotatable bonds is 6. The Labute approximate surface area is 202 Å². The Hall–Kier alpha value is -3.75. The lowest BCUT2D eigenvalue weighted by Crippen LogP contribution is -2.60. The molecule has 1 fully saturated rings. The predicted molar refractivity (Wildman–Crippen MR) is 120 cm³/mol. The van der Waals surface area contributed by atoms with Crippen molar-refractivity contribution in [2.24, 2.45) is 0 Å². The van der Waals surface area contributed by atoms with E-state index in [0.717, 1.165) is 12.1 Å². The maximum Gasteiger partial charge on any atom is 0.229 e. The Bertz CT molecular complexity index is 1310. The molecule has 0 aliphatic carbocycles. The van der Waals surface area contributed by atoms with Crippen molar-refractivity contribution in [3.05, 3.63) is 34.5 Å². The lowest BCUT2D eigenvalue weighted by molar-refractivity contribution is -0.277. The van der Waals surface area contributed by atoms with E-state index in [-0.39, 0.29) is 39.5 Å². The SMILES string of the molecule is COc1cc(-c2cc(=O)c3c(O)c(O)c(O[C@@H]4O[C@H](CO)[C@@H](O)[C@H](O)[C@H]4O)cc3o2)cc(OC)c1O. The molecule has 1 aliphatic heterocycles. The summed E-state index contributed by atoms with van der Waals surface area (Å²) in [5, 5.41) is 70.1.